The molecule has 1 aromatic heterocycles. The lowest BCUT2D eigenvalue weighted by Crippen LogP contribution is -2.02. The molecular formula is C7H6BrNO4. The second kappa shape index (κ2) is 3.61. The first-order valence-corrected chi connectivity index (χ1v) is 4.02. The van der Waals surface area contributed by atoms with E-state index in [1.165, 1.54) is 13.2 Å². The van der Waals surface area contributed by atoms with Crippen molar-refractivity contribution in [3.8, 4) is 11.6 Å². The van der Waals surface area contributed by atoms with Crippen LogP contribution in [0.3, 0.4) is 0 Å². The highest BCUT2D eigenvalue weighted by Crippen LogP contribution is 2.29. The van der Waals surface area contributed by atoms with Gasteiger partial charge in [0.05, 0.1) is 11.6 Å². The molecule has 1 aromatic rings. The molecule has 0 aliphatic rings. The van der Waals surface area contributed by atoms with Gasteiger partial charge in [0.15, 0.2) is 11.4 Å². The molecule has 6 heteroatoms. The van der Waals surface area contributed by atoms with Crippen molar-refractivity contribution in [1.82, 2.24) is 4.98 Å². The number of rotatable bonds is 2. The number of carbonyl (C=O) groups is 1. The minimum absolute atomic E-state index is 0.127. The molecule has 0 fully saturated rings. The summed E-state index contributed by atoms with van der Waals surface area (Å²) in [5.74, 6) is -1.59. The predicted octanol–water partition coefficient (Wildman–Crippen LogP) is 1.26. The van der Waals surface area contributed by atoms with E-state index in [-0.39, 0.29) is 10.4 Å². The van der Waals surface area contributed by atoms with Gasteiger partial charge >= 0.3 is 5.97 Å². The molecular weight excluding hydrogens is 242 g/mol. The van der Waals surface area contributed by atoms with Gasteiger partial charge in [0.25, 0.3) is 0 Å². The first-order chi connectivity index (χ1) is 6.06. The number of aromatic carboxylic acids is 1. The largest absolute Gasteiger partial charge is 0.504 e. The molecule has 5 nitrogen and oxygen atoms in total. The molecule has 0 radical (unpaired) electrons. The fourth-order valence-corrected chi connectivity index (χ4v) is 1.12. The third kappa shape index (κ3) is 1.89. The van der Waals surface area contributed by atoms with E-state index in [0.29, 0.717) is 0 Å². The van der Waals surface area contributed by atoms with Gasteiger partial charge in [-0.25, -0.2) is 9.78 Å². The first-order valence-electron chi connectivity index (χ1n) is 3.23. The van der Waals surface area contributed by atoms with Gasteiger partial charge in [-0.05, 0) is 15.9 Å². The maximum absolute atomic E-state index is 10.5. The van der Waals surface area contributed by atoms with Crippen LogP contribution in [0.1, 0.15) is 10.5 Å². The number of halogens is 1. The van der Waals surface area contributed by atoms with E-state index >= 15 is 0 Å². The molecule has 0 saturated carbocycles. The van der Waals surface area contributed by atoms with Gasteiger partial charge in [0.1, 0.15) is 0 Å². The maximum Gasteiger partial charge on any atom is 0.358 e. The number of nitrogens with zero attached hydrogens (tertiary/aromatic N) is 1. The first kappa shape index (κ1) is 9.79. The lowest BCUT2D eigenvalue weighted by molar-refractivity contribution is 0.0685. The fourth-order valence-electron chi connectivity index (χ4n) is 0.739. The molecule has 0 spiro atoms. The Balaban J connectivity index is 3.33. The van der Waals surface area contributed by atoms with Gasteiger partial charge in [-0.3, -0.25) is 0 Å². The van der Waals surface area contributed by atoms with Crippen molar-refractivity contribution in [3.05, 3.63) is 16.2 Å². The number of methoxy groups -OCH3 is 1. The SMILES string of the molecule is COc1cc(Br)c(O)c(C(=O)O)n1. The van der Waals surface area contributed by atoms with Crippen LogP contribution in [0.4, 0.5) is 0 Å². The second-order valence-corrected chi connectivity index (χ2v) is 3.00. The average Bonchev–Trinajstić information content (AvgIpc) is 2.09. The third-order valence-electron chi connectivity index (χ3n) is 1.33. The van der Waals surface area contributed by atoms with Crippen molar-refractivity contribution >= 4 is 21.9 Å². The molecule has 2 N–H and O–H groups in total. The Morgan fingerprint density at radius 3 is 2.77 bits per heavy atom. The van der Waals surface area contributed by atoms with Gasteiger partial charge in [-0.2, -0.15) is 0 Å². The Morgan fingerprint density at radius 1 is 1.69 bits per heavy atom. The third-order valence-corrected chi connectivity index (χ3v) is 1.94. The van der Waals surface area contributed by atoms with Gasteiger partial charge in [-0.15, -0.1) is 0 Å². The van der Waals surface area contributed by atoms with E-state index in [1.807, 2.05) is 0 Å². The van der Waals surface area contributed by atoms with Crippen LogP contribution >= 0.6 is 15.9 Å². The molecule has 0 bridgehead atoms. The lowest BCUT2D eigenvalue weighted by atomic mass is 10.3. The monoisotopic (exact) mass is 247 g/mol. The van der Waals surface area contributed by atoms with Crippen molar-refractivity contribution in [2.45, 2.75) is 0 Å². The number of pyridine rings is 1. The van der Waals surface area contributed by atoms with Crippen LogP contribution in [0, 0.1) is 0 Å². The summed E-state index contributed by atoms with van der Waals surface area (Å²) in [7, 11) is 1.36. The molecule has 70 valence electrons. The van der Waals surface area contributed by atoms with E-state index < -0.39 is 17.4 Å². The zero-order valence-electron chi connectivity index (χ0n) is 6.61. The highest BCUT2D eigenvalue weighted by molar-refractivity contribution is 9.10. The van der Waals surface area contributed by atoms with Crippen LogP contribution in [0.15, 0.2) is 10.5 Å². The second-order valence-electron chi connectivity index (χ2n) is 2.15. The maximum atomic E-state index is 10.5. The Labute approximate surface area is 82.1 Å². The summed E-state index contributed by atoms with van der Waals surface area (Å²) in [5.41, 5.74) is -0.439. The molecule has 0 amide bonds. The Kier molecular flexibility index (Phi) is 2.72. The van der Waals surface area contributed by atoms with E-state index in [4.69, 9.17) is 9.84 Å². The fraction of sp³-hybridized carbons (Fsp3) is 0.143. The normalized spacial score (nSPS) is 9.69. The van der Waals surface area contributed by atoms with Gasteiger partial charge < -0.3 is 14.9 Å². The number of carboxylic acid groups (broad SMARTS) is 1. The predicted molar refractivity (Wildman–Crippen MR) is 47.1 cm³/mol. The number of carboxylic acids is 1. The Hall–Kier alpha value is -1.30. The summed E-state index contributed by atoms with van der Waals surface area (Å²) in [6.07, 6.45) is 0. The number of aromatic nitrogens is 1. The van der Waals surface area contributed by atoms with Gasteiger partial charge in [-0.1, -0.05) is 0 Å². The van der Waals surface area contributed by atoms with Crippen LogP contribution in [-0.2, 0) is 0 Å². The van der Waals surface area contributed by atoms with Crippen molar-refractivity contribution < 1.29 is 19.7 Å². The molecule has 0 aromatic carbocycles. The van der Waals surface area contributed by atoms with Crippen LogP contribution < -0.4 is 4.74 Å². The van der Waals surface area contributed by atoms with Gasteiger partial charge in [0.2, 0.25) is 5.88 Å². The van der Waals surface area contributed by atoms with Crippen molar-refractivity contribution in [3.63, 3.8) is 0 Å². The van der Waals surface area contributed by atoms with Crippen LogP contribution in [0.5, 0.6) is 11.6 Å². The topological polar surface area (TPSA) is 79.7 Å². The molecule has 0 aliphatic heterocycles. The molecule has 13 heavy (non-hydrogen) atoms. The number of hydrogen-bond donors (Lipinski definition) is 2. The summed E-state index contributed by atoms with van der Waals surface area (Å²) in [4.78, 5) is 14.1. The van der Waals surface area contributed by atoms with E-state index in [9.17, 15) is 9.90 Å². The standard InChI is InChI=1S/C7H6BrNO4/c1-13-4-2-3(8)6(10)5(9-4)7(11)12/h2,10H,1H3,(H,11,12). The number of ether oxygens (including phenoxy) is 1. The van der Waals surface area contributed by atoms with Crippen molar-refractivity contribution in [2.24, 2.45) is 0 Å². The zero-order chi connectivity index (χ0) is 10.0. The lowest BCUT2D eigenvalue weighted by Gasteiger charge is -2.04. The number of aromatic hydroxyl groups is 1. The molecule has 0 saturated heterocycles. The summed E-state index contributed by atoms with van der Waals surface area (Å²) in [5, 5.41) is 17.9. The Morgan fingerprint density at radius 2 is 2.31 bits per heavy atom. The zero-order valence-corrected chi connectivity index (χ0v) is 8.20. The minimum Gasteiger partial charge on any atom is -0.504 e. The van der Waals surface area contributed by atoms with E-state index in [0.717, 1.165) is 0 Å². The average molecular weight is 248 g/mol. The van der Waals surface area contributed by atoms with E-state index in [1.54, 1.807) is 0 Å². The minimum atomic E-state index is -1.31. The summed E-state index contributed by atoms with van der Waals surface area (Å²) in [6.45, 7) is 0. The highest BCUT2D eigenvalue weighted by Gasteiger charge is 2.16. The Bertz CT molecular complexity index is 353. The summed E-state index contributed by atoms with van der Waals surface area (Å²) in [6, 6.07) is 1.38. The van der Waals surface area contributed by atoms with Crippen molar-refractivity contribution in [1.29, 1.82) is 0 Å². The molecule has 0 unspecified atom stereocenters. The van der Waals surface area contributed by atoms with Crippen LogP contribution in [0.25, 0.3) is 0 Å². The smallest absolute Gasteiger partial charge is 0.358 e. The summed E-state index contributed by atoms with van der Waals surface area (Å²) < 4.78 is 4.96. The molecule has 1 heterocycles. The quantitative estimate of drug-likeness (QED) is 0.823. The van der Waals surface area contributed by atoms with Crippen molar-refractivity contribution in [2.75, 3.05) is 7.11 Å². The van der Waals surface area contributed by atoms with Crippen LogP contribution in [-0.4, -0.2) is 28.3 Å². The van der Waals surface area contributed by atoms with E-state index in [2.05, 4.69) is 20.9 Å². The molecule has 0 atom stereocenters. The van der Waals surface area contributed by atoms with Gasteiger partial charge in [0, 0.05) is 6.07 Å². The summed E-state index contributed by atoms with van der Waals surface area (Å²) >= 11 is 2.97. The number of hydrogen-bond acceptors (Lipinski definition) is 4. The highest BCUT2D eigenvalue weighted by atomic mass is 79.9. The molecule has 0 aliphatic carbocycles. The molecule has 1 rings (SSSR count). The van der Waals surface area contributed by atoms with Crippen LogP contribution in [0.2, 0.25) is 0 Å².